The molecule has 2 aromatic rings. The van der Waals surface area contributed by atoms with Crippen molar-refractivity contribution in [1.29, 1.82) is 0 Å². The lowest BCUT2D eigenvalue weighted by Crippen LogP contribution is -3.00. The fourth-order valence-electron chi connectivity index (χ4n) is 4.10. The van der Waals surface area contributed by atoms with E-state index in [1.54, 1.807) is 0 Å². The third kappa shape index (κ3) is 6.47. The molecule has 0 amide bonds. The topological polar surface area (TPSA) is 18.5 Å². The van der Waals surface area contributed by atoms with Crippen LogP contribution in [0, 0.1) is 19.3 Å². The van der Waals surface area contributed by atoms with Crippen LogP contribution in [0.2, 0.25) is 0 Å². The summed E-state index contributed by atoms with van der Waals surface area (Å²) in [6.07, 6.45) is 0.956. The third-order valence-corrected chi connectivity index (χ3v) is 5.31. The van der Waals surface area contributed by atoms with Crippen molar-refractivity contribution >= 4 is 0 Å². The van der Waals surface area contributed by atoms with Gasteiger partial charge in [0.2, 0.25) is 0 Å². The molecule has 3 nitrogen and oxygen atoms in total. The summed E-state index contributed by atoms with van der Waals surface area (Å²) in [5.74, 6) is 0.822. The number of para-hydroxylation sites is 1. The van der Waals surface area contributed by atoms with E-state index in [2.05, 4.69) is 66.7 Å². The first-order valence-corrected chi connectivity index (χ1v) is 10.3. The van der Waals surface area contributed by atoms with Crippen LogP contribution >= 0.6 is 0 Å². The van der Waals surface area contributed by atoms with E-state index < -0.39 is 0 Å². The molecule has 29 heavy (non-hydrogen) atoms. The van der Waals surface area contributed by atoms with Gasteiger partial charge in [-0.15, -0.1) is 0 Å². The first-order valence-electron chi connectivity index (χ1n) is 10.3. The van der Waals surface area contributed by atoms with Crippen LogP contribution in [0.5, 0.6) is 5.75 Å². The second-order valence-corrected chi connectivity index (χ2v) is 9.56. The second-order valence-electron chi connectivity index (χ2n) is 9.56. The van der Waals surface area contributed by atoms with E-state index in [4.69, 9.17) is 9.68 Å². The average Bonchev–Trinajstić information content (AvgIpc) is 2.58. The van der Waals surface area contributed by atoms with Gasteiger partial charge in [0.1, 0.15) is 6.61 Å². The Balaban J connectivity index is 0.00000420. The van der Waals surface area contributed by atoms with Crippen LogP contribution in [0.3, 0.4) is 0 Å². The van der Waals surface area contributed by atoms with Crippen LogP contribution in [-0.4, -0.2) is 17.0 Å². The zero-order valence-electron chi connectivity index (χ0n) is 19.4. The molecule has 2 aromatic carbocycles. The minimum atomic E-state index is -0.264. The van der Waals surface area contributed by atoms with E-state index in [0.717, 1.165) is 12.2 Å². The lowest BCUT2D eigenvalue weighted by Gasteiger charge is -2.46. The number of hydrogen-bond acceptors (Lipinski definition) is 2. The zero-order chi connectivity index (χ0) is 21.0. The Morgan fingerprint density at radius 1 is 0.862 bits per heavy atom. The largest absolute Gasteiger partial charge is 1.00 e. The van der Waals surface area contributed by atoms with Gasteiger partial charge < -0.3 is 12.4 Å². The van der Waals surface area contributed by atoms with Crippen molar-refractivity contribution < 1.29 is 26.9 Å². The predicted molar refractivity (Wildman–Crippen MR) is 117 cm³/mol. The van der Waals surface area contributed by atoms with Gasteiger partial charge in [0.25, 0.3) is 0 Å². The predicted octanol–water partition coefficient (Wildman–Crippen LogP) is 3.78. The molecule has 0 saturated carbocycles. The molecule has 0 aromatic heterocycles. The number of halogens is 1. The quantitative estimate of drug-likeness (QED) is 0.478. The van der Waals surface area contributed by atoms with E-state index in [9.17, 15) is 0 Å². The summed E-state index contributed by atoms with van der Waals surface area (Å²) in [5, 5.41) is 0. The Kier molecular flexibility index (Phi) is 8.76. The minimum absolute atomic E-state index is 0. The van der Waals surface area contributed by atoms with Crippen molar-refractivity contribution in [2.24, 2.45) is 5.41 Å². The van der Waals surface area contributed by atoms with Crippen molar-refractivity contribution in [2.45, 2.75) is 73.9 Å². The van der Waals surface area contributed by atoms with Gasteiger partial charge in [-0.05, 0) is 63.3 Å². The first-order chi connectivity index (χ1) is 13.0. The molecule has 0 aliphatic carbocycles. The summed E-state index contributed by atoms with van der Waals surface area (Å²) in [7, 11) is 0. The number of aryl methyl sites for hydroxylation is 1. The number of benzene rings is 2. The lowest BCUT2D eigenvalue weighted by molar-refractivity contribution is -1.26. The molecule has 0 saturated heterocycles. The fraction of sp³-hybridized carbons (Fsp3) is 0.520. The first kappa shape index (κ1) is 25.5. The van der Waals surface area contributed by atoms with Crippen molar-refractivity contribution in [3.8, 4) is 5.75 Å². The average molecular weight is 420 g/mol. The highest BCUT2D eigenvalue weighted by molar-refractivity contribution is 5.32. The molecule has 0 bridgehead atoms. The van der Waals surface area contributed by atoms with Gasteiger partial charge in [-0.1, -0.05) is 57.2 Å². The maximum Gasteiger partial charge on any atom is 0.194 e. The number of hydroxylamine groups is 4. The summed E-state index contributed by atoms with van der Waals surface area (Å²) >= 11 is 0. The van der Waals surface area contributed by atoms with Gasteiger partial charge in [-0.2, -0.15) is 4.84 Å². The van der Waals surface area contributed by atoms with E-state index in [-0.39, 0.29) is 28.2 Å². The second kappa shape index (κ2) is 9.97. The highest BCUT2D eigenvalue weighted by atomic mass is 35.5. The van der Waals surface area contributed by atoms with Gasteiger partial charge >= 0.3 is 0 Å². The Hall–Kier alpha value is -1.55. The highest BCUT2D eigenvalue weighted by Crippen LogP contribution is 2.40. The molecule has 2 rings (SSSR count). The third-order valence-electron chi connectivity index (χ3n) is 5.31. The van der Waals surface area contributed by atoms with E-state index in [0.29, 0.717) is 13.2 Å². The highest BCUT2D eigenvalue weighted by Gasteiger charge is 2.52. The normalized spacial score (nSPS) is 14.1. The minimum Gasteiger partial charge on any atom is -1.00 e. The van der Waals surface area contributed by atoms with Crippen LogP contribution in [0.1, 0.15) is 64.7 Å². The molecule has 0 fully saturated rings. The monoisotopic (exact) mass is 419 g/mol. The molecule has 0 heterocycles. The molecule has 0 aliphatic heterocycles. The van der Waals surface area contributed by atoms with Gasteiger partial charge in [-0.3, -0.25) is 4.84 Å². The molecule has 0 aliphatic rings. The summed E-state index contributed by atoms with van der Waals surface area (Å²) in [6, 6.07) is 16.5. The molecule has 0 spiro atoms. The summed E-state index contributed by atoms with van der Waals surface area (Å²) in [6.45, 7) is 18.9. The van der Waals surface area contributed by atoms with Gasteiger partial charge in [0.05, 0.1) is 0 Å². The van der Waals surface area contributed by atoms with E-state index in [1.807, 2.05) is 37.3 Å². The van der Waals surface area contributed by atoms with Crippen LogP contribution in [0.4, 0.5) is 0 Å². The Morgan fingerprint density at radius 2 is 1.48 bits per heavy atom. The SMILES string of the molecule is CCO[N+](Cc1cccc(C)c1C)(Oc1ccccc1)C(C)(C)CC(C)(C)C.[Cl-]. The number of rotatable bonds is 8. The van der Waals surface area contributed by atoms with E-state index >= 15 is 0 Å². The van der Waals surface area contributed by atoms with Crippen LogP contribution in [0.15, 0.2) is 48.5 Å². The smallest absolute Gasteiger partial charge is 0.194 e. The molecule has 0 radical (unpaired) electrons. The summed E-state index contributed by atoms with van der Waals surface area (Å²) in [5.41, 5.74) is 3.73. The van der Waals surface area contributed by atoms with Crippen LogP contribution in [0.25, 0.3) is 0 Å². The standard InChI is InChI=1S/C25H38NO2.ClH/c1-9-27-26(25(7,8)19-24(4,5)6,28-23-16-11-10-12-17-23)18-22-15-13-14-20(2)21(22)3;/h10-17H,9,18-19H2,1-8H3;1H/q+1;/p-1. The molecular weight excluding hydrogens is 382 g/mol. The number of quaternary nitrogens is 1. The van der Waals surface area contributed by atoms with Crippen molar-refractivity contribution in [3.05, 3.63) is 65.2 Å². The molecule has 4 heteroatoms. The zero-order valence-corrected chi connectivity index (χ0v) is 20.1. The molecule has 1 atom stereocenters. The summed E-state index contributed by atoms with van der Waals surface area (Å²) in [4.78, 5) is 13.2. The summed E-state index contributed by atoms with van der Waals surface area (Å²) < 4.78 is 0. The maximum atomic E-state index is 6.67. The Labute approximate surface area is 183 Å². The number of hydrogen-bond donors (Lipinski definition) is 0. The maximum absolute atomic E-state index is 6.67. The lowest BCUT2D eigenvalue weighted by atomic mass is 9.81. The van der Waals surface area contributed by atoms with Gasteiger partial charge in [0.15, 0.2) is 17.8 Å². The van der Waals surface area contributed by atoms with Crippen LogP contribution in [-0.2, 0) is 11.4 Å². The van der Waals surface area contributed by atoms with Crippen LogP contribution < -0.4 is 17.2 Å². The fourth-order valence-corrected chi connectivity index (χ4v) is 4.10. The van der Waals surface area contributed by atoms with Crippen molar-refractivity contribution in [2.75, 3.05) is 6.61 Å². The Bertz CT molecular complexity index is 768. The molecular formula is C25H38ClNO2. The number of nitrogens with zero attached hydrogens (tertiary/aromatic N) is 1. The molecule has 0 N–H and O–H groups in total. The van der Waals surface area contributed by atoms with Crippen molar-refractivity contribution in [3.63, 3.8) is 0 Å². The van der Waals surface area contributed by atoms with Crippen molar-refractivity contribution in [1.82, 2.24) is 0 Å². The van der Waals surface area contributed by atoms with E-state index in [1.165, 1.54) is 16.7 Å². The van der Waals surface area contributed by atoms with Gasteiger partial charge in [-0.25, -0.2) is 0 Å². The Morgan fingerprint density at radius 3 is 2.03 bits per heavy atom. The molecule has 1 unspecified atom stereocenters. The van der Waals surface area contributed by atoms with Gasteiger partial charge in [0, 0.05) is 16.8 Å². The molecule has 162 valence electrons.